The molecule has 2 heterocycles. The molecule has 1 aromatic carbocycles. The molecule has 0 radical (unpaired) electrons. The van der Waals surface area contributed by atoms with Crippen molar-refractivity contribution in [1.29, 1.82) is 0 Å². The number of aromatic nitrogens is 1. The van der Waals surface area contributed by atoms with Gasteiger partial charge in [0.2, 0.25) is 5.95 Å². The predicted octanol–water partition coefficient (Wildman–Crippen LogP) is 2.37. The maximum absolute atomic E-state index is 13.0. The molecule has 0 saturated carbocycles. The van der Waals surface area contributed by atoms with Gasteiger partial charge in [-0.2, -0.15) is 4.39 Å². The highest BCUT2D eigenvalue weighted by Crippen LogP contribution is 2.30. The summed E-state index contributed by atoms with van der Waals surface area (Å²) in [6.07, 6.45) is 2.86. The van der Waals surface area contributed by atoms with Gasteiger partial charge < -0.3 is 5.32 Å². The van der Waals surface area contributed by atoms with Crippen LogP contribution < -0.4 is 10.7 Å². The molecular formula is C19H19FN4O2. The summed E-state index contributed by atoms with van der Waals surface area (Å²) < 4.78 is 13.0. The molecule has 1 aromatic heterocycles. The van der Waals surface area contributed by atoms with E-state index < -0.39 is 11.5 Å². The van der Waals surface area contributed by atoms with E-state index in [1.165, 1.54) is 30.3 Å². The lowest BCUT2D eigenvalue weighted by molar-refractivity contribution is -0.136. The number of hydrogen-bond donors (Lipinski definition) is 2. The number of likely N-dealkylation sites (N-methyl/N-ethyl adjacent to an activating group) is 1. The average Bonchev–Trinajstić information content (AvgIpc) is 2.65. The minimum absolute atomic E-state index is 0.161. The summed E-state index contributed by atoms with van der Waals surface area (Å²) in [4.78, 5) is 28.9. The van der Waals surface area contributed by atoms with Gasteiger partial charge in [-0.3, -0.25) is 14.6 Å². The molecule has 0 saturated heterocycles. The number of ketones is 1. The first-order valence-corrected chi connectivity index (χ1v) is 8.24. The number of nitrogens with zero attached hydrogens (tertiary/aromatic N) is 2. The summed E-state index contributed by atoms with van der Waals surface area (Å²) in [5.41, 5.74) is 3.26. The Hall–Kier alpha value is -3.06. The number of halogens is 1. The van der Waals surface area contributed by atoms with Crippen molar-refractivity contribution in [3.63, 3.8) is 0 Å². The van der Waals surface area contributed by atoms with E-state index in [0.29, 0.717) is 12.2 Å². The lowest BCUT2D eigenvalue weighted by atomic mass is 9.84. The molecular weight excluding hydrogens is 335 g/mol. The Morgan fingerprint density at radius 2 is 2.00 bits per heavy atom. The van der Waals surface area contributed by atoms with Gasteiger partial charge in [0.1, 0.15) is 11.2 Å². The number of carbonyl (C=O) groups excluding carboxylic acids is 2. The third-order valence-corrected chi connectivity index (χ3v) is 4.25. The summed E-state index contributed by atoms with van der Waals surface area (Å²) in [5, 5.41) is 4.33. The first kappa shape index (κ1) is 17.8. The van der Waals surface area contributed by atoms with E-state index in [4.69, 9.17) is 0 Å². The highest BCUT2D eigenvalue weighted by atomic mass is 19.1. The Morgan fingerprint density at radius 1 is 1.27 bits per heavy atom. The SMILES string of the molecule is CCN1NC(C(C)=O)(c2ccccc2)C=C(Nc2ccc(F)nc2)C1=O. The molecule has 1 aliphatic rings. The van der Waals surface area contributed by atoms with Gasteiger partial charge in [-0.25, -0.2) is 10.4 Å². The van der Waals surface area contributed by atoms with Crippen LogP contribution in [0.4, 0.5) is 10.1 Å². The molecule has 1 unspecified atom stereocenters. The van der Waals surface area contributed by atoms with E-state index in [-0.39, 0.29) is 17.4 Å². The van der Waals surface area contributed by atoms with Crippen LogP contribution in [0.15, 0.2) is 60.4 Å². The van der Waals surface area contributed by atoms with Crippen molar-refractivity contribution < 1.29 is 14.0 Å². The molecule has 2 N–H and O–H groups in total. The van der Waals surface area contributed by atoms with Gasteiger partial charge in [0, 0.05) is 6.54 Å². The normalized spacial score (nSPS) is 19.9. The van der Waals surface area contributed by atoms with Crippen LogP contribution >= 0.6 is 0 Å². The number of pyridine rings is 1. The maximum Gasteiger partial charge on any atom is 0.284 e. The lowest BCUT2D eigenvalue weighted by Crippen LogP contribution is -2.61. The van der Waals surface area contributed by atoms with Crippen LogP contribution in [-0.2, 0) is 15.1 Å². The number of benzene rings is 1. The predicted molar refractivity (Wildman–Crippen MR) is 95.2 cm³/mol. The average molecular weight is 354 g/mol. The van der Waals surface area contributed by atoms with Crippen molar-refractivity contribution in [2.45, 2.75) is 19.4 Å². The Kier molecular flexibility index (Phi) is 4.81. The number of rotatable bonds is 5. The van der Waals surface area contributed by atoms with E-state index in [1.807, 2.05) is 37.3 Å². The fourth-order valence-corrected chi connectivity index (χ4v) is 2.87. The number of nitrogens with one attached hydrogen (secondary N) is 2. The van der Waals surface area contributed by atoms with Crippen LogP contribution in [0.1, 0.15) is 19.4 Å². The molecule has 0 bridgehead atoms. The number of hydrazine groups is 1. The molecule has 2 aromatic rings. The molecule has 3 rings (SSSR count). The van der Waals surface area contributed by atoms with Crippen molar-refractivity contribution in [3.05, 3.63) is 71.9 Å². The molecule has 26 heavy (non-hydrogen) atoms. The highest BCUT2D eigenvalue weighted by Gasteiger charge is 2.43. The Balaban J connectivity index is 2.09. The van der Waals surface area contributed by atoms with Gasteiger partial charge in [-0.15, -0.1) is 0 Å². The largest absolute Gasteiger partial charge is 0.350 e. The van der Waals surface area contributed by atoms with Gasteiger partial charge >= 0.3 is 0 Å². The monoisotopic (exact) mass is 354 g/mol. The maximum atomic E-state index is 13.0. The quantitative estimate of drug-likeness (QED) is 0.807. The first-order valence-electron chi connectivity index (χ1n) is 8.24. The van der Waals surface area contributed by atoms with Crippen molar-refractivity contribution in [2.24, 2.45) is 0 Å². The summed E-state index contributed by atoms with van der Waals surface area (Å²) in [6.45, 7) is 3.64. The second-order valence-electron chi connectivity index (χ2n) is 5.94. The van der Waals surface area contributed by atoms with Crippen LogP contribution in [0.3, 0.4) is 0 Å². The van der Waals surface area contributed by atoms with Crippen molar-refractivity contribution in [1.82, 2.24) is 15.4 Å². The fourth-order valence-electron chi connectivity index (χ4n) is 2.87. The van der Waals surface area contributed by atoms with Crippen LogP contribution in [-0.4, -0.2) is 28.2 Å². The summed E-state index contributed by atoms with van der Waals surface area (Å²) in [7, 11) is 0. The van der Waals surface area contributed by atoms with Gasteiger partial charge in [0.15, 0.2) is 5.78 Å². The van der Waals surface area contributed by atoms with Crippen LogP contribution in [0.5, 0.6) is 0 Å². The minimum Gasteiger partial charge on any atom is -0.350 e. The second-order valence-corrected chi connectivity index (χ2v) is 5.94. The van der Waals surface area contributed by atoms with Gasteiger partial charge in [-0.1, -0.05) is 30.3 Å². The number of hydrogen-bond acceptors (Lipinski definition) is 5. The van der Waals surface area contributed by atoms with E-state index >= 15 is 0 Å². The molecule has 0 aliphatic carbocycles. The second kappa shape index (κ2) is 7.05. The standard InChI is InChI=1S/C19H19FN4O2/c1-3-24-18(26)16(22-15-9-10-17(20)21-12-15)11-19(23-24,13(2)25)14-7-5-4-6-8-14/h4-12,22-23H,3H2,1-2H3. The summed E-state index contributed by atoms with van der Waals surface area (Å²) in [6, 6.07) is 11.8. The van der Waals surface area contributed by atoms with E-state index in [2.05, 4.69) is 15.7 Å². The molecule has 1 aliphatic heterocycles. The zero-order valence-corrected chi connectivity index (χ0v) is 14.5. The van der Waals surface area contributed by atoms with Crippen molar-refractivity contribution >= 4 is 17.4 Å². The lowest BCUT2D eigenvalue weighted by Gasteiger charge is -2.40. The van der Waals surface area contributed by atoms with Crippen molar-refractivity contribution in [2.75, 3.05) is 11.9 Å². The molecule has 134 valence electrons. The van der Waals surface area contributed by atoms with Gasteiger partial charge in [0.05, 0.1) is 11.9 Å². The number of amides is 1. The van der Waals surface area contributed by atoms with Gasteiger partial charge in [0.25, 0.3) is 5.91 Å². The Morgan fingerprint density at radius 3 is 2.58 bits per heavy atom. The van der Waals surface area contributed by atoms with Crippen LogP contribution in [0.2, 0.25) is 0 Å². The highest BCUT2D eigenvalue weighted by molar-refractivity contribution is 6.01. The molecule has 0 spiro atoms. The Labute approximate surface area is 150 Å². The molecule has 6 nitrogen and oxygen atoms in total. The van der Waals surface area contributed by atoms with E-state index in [1.54, 1.807) is 6.08 Å². The fraction of sp³-hybridized carbons (Fsp3) is 0.211. The molecule has 1 atom stereocenters. The minimum atomic E-state index is -1.18. The third kappa shape index (κ3) is 3.21. The number of anilines is 1. The first-order chi connectivity index (χ1) is 12.5. The van der Waals surface area contributed by atoms with E-state index in [0.717, 1.165) is 5.56 Å². The number of Topliss-reactive ketones (excluding diaryl/α,β-unsaturated/α-hetero) is 1. The number of carbonyl (C=O) groups is 2. The van der Waals surface area contributed by atoms with Crippen LogP contribution in [0.25, 0.3) is 0 Å². The smallest absolute Gasteiger partial charge is 0.284 e. The zero-order chi connectivity index (χ0) is 18.7. The molecule has 7 heteroatoms. The zero-order valence-electron chi connectivity index (χ0n) is 14.5. The van der Waals surface area contributed by atoms with Gasteiger partial charge in [-0.05, 0) is 37.6 Å². The van der Waals surface area contributed by atoms with E-state index in [9.17, 15) is 14.0 Å². The third-order valence-electron chi connectivity index (χ3n) is 4.25. The molecule has 0 fully saturated rings. The van der Waals surface area contributed by atoms with Crippen molar-refractivity contribution in [3.8, 4) is 0 Å². The Bertz CT molecular complexity index is 852. The summed E-state index contributed by atoms with van der Waals surface area (Å²) in [5.74, 6) is -1.09. The topological polar surface area (TPSA) is 74.3 Å². The molecule has 1 amide bonds. The summed E-state index contributed by atoms with van der Waals surface area (Å²) >= 11 is 0. The van der Waals surface area contributed by atoms with Crippen LogP contribution in [0, 0.1) is 5.95 Å².